The SMILES string of the molecule is COc1ncccc1NC(=O)C[C@](O)(c1nc(C)cs1)C(F)(F)F. The van der Waals surface area contributed by atoms with E-state index in [1.807, 2.05) is 0 Å². The van der Waals surface area contributed by atoms with Gasteiger partial charge in [0.15, 0.2) is 0 Å². The number of alkyl halides is 3. The van der Waals surface area contributed by atoms with Crippen LogP contribution in [0, 0.1) is 6.92 Å². The minimum absolute atomic E-state index is 0.0477. The Balaban J connectivity index is 2.26. The molecule has 0 saturated carbocycles. The number of pyridine rings is 1. The number of aromatic nitrogens is 2. The molecule has 24 heavy (non-hydrogen) atoms. The molecule has 0 saturated heterocycles. The molecule has 0 bridgehead atoms. The molecule has 1 amide bonds. The van der Waals surface area contributed by atoms with Crippen LogP contribution in [0.3, 0.4) is 0 Å². The van der Waals surface area contributed by atoms with Crippen LogP contribution in [0.15, 0.2) is 23.7 Å². The highest BCUT2D eigenvalue weighted by Gasteiger charge is 2.58. The lowest BCUT2D eigenvalue weighted by Gasteiger charge is -2.27. The van der Waals surface area contributed by atoms with Gasteiger partial charge >= 0.3 is 6.18 Å². The standard InChI is InChI=1S/C14H14F3N3O3S/c1-8-7-24-12(19-8)13(22,14(15,16)17)6-10(21)20-9-4-3-5-18-11(9)23-2/h3-5,7,22H,6H2,1-2H3,(H,20,21)/t13-/m0/s1. The van der Waals surface area contributed by atoms with E-state index in [0.29, 0.717) is 17.0 Å². The summed E-state index contributed by atoms with van der Waals surface area (Å²) >= 11 is 0.641. The Morgan fingerprint density at radius 2 is 2.17 bits per heavy atom. The highest BCUT2D eigenvalue weighted by Crippen LogP contribution is 2.43. The van der Waals surface area contributed by atoms with Crippen molar-refractivity contribution in [1.29, 1.82) is 0 Å². The van der Waals surface area contributed by atoms with E-state index in [-0.39, 0.29) is 11.6 Å². The number of rotatable bonds is 5. The Morgan fingerprint density at radius 1 is 1.46 bits per heavy atom. The molecule has 0 aromatic carbocycles. The first-order valence-corrected chi connectivity index (χ1v) is 7.56. The Kier molecular flexibility index (Phi) is 5.09. The molecule has 0 aliphatic rings. The minimum Gasteiger partial charge on any atom is -0.480 e. The average molecular weight is 361 g/mol. The zero-order chi connectivity index (χ0) is 18.0. The molecule has 0 aliphatic heterocycles. The van der Waals surface area contributed by atoms with E-state index in [9.17, 15) is 23.1 Å². The fraction of sp³-hybridized carbons (Fsp3) is 0.357. The summed E-state index contributed by atoms with van der Waals surface area (Å²) in [5.41, 5.74) is -2.94. The normalized spacial score (nSPS) is 14.1. The number of carbonyl (C=O) groups excluding carboxylic acids is 1. The maximum atomic E-state index is 13.3. The molecule has 0 radical (unpaired) electrons. The van der Waals surface area contributed by atoms with Crippen molar-refractivity contribution in [1.82, 2.24) is 9.97 Å². The van der Waals surface area contributed by atoms with E-state index in [1.165, 1.54) is 37.7 Å². The predicted molar refractivity (Wildman–Crippen MR) is 80.8 cm³/mol. The van der Waals surface area contributed by atoms with Gasteiger partial charge in [-0.1, -0.05) is 0 Å². The molecule has 130 valence electrons. The van der Waals surface area contributed by atoms with Crippen molar-refractivity contribution in [2.45, 2.75) is 25.1 Å². The quantitative estimate of drug-likeness (QED) is 0.855. The van der Waals surface area contributed by atoms with Crippen molar-refractivity contribution in [2.24, 2.45) is 0 Å². The number of ether oxygens (including phenoxy) is 1. The maximum Gasteiger partial charge on any atom is 0.424 e. The van der Waals surface area contributed by atoms with E-state index in [0.717, 1.165) is 0 Å². The van der Waals surface area contributed by atoms with Crippen LogP contribution in [-0.4, -0.2) is 34.3 Å². The molecule has 2 N–H and O–H groups in total. The second-order valence-corrected chi connectivity index (χ2v) is 5.80. The van der Waals surface area contributed by atoms with Crippen LogP contribution in [0.2, 0.25) is 0 Å². The van der Waals surface area contributed by atoms with Crippen molar-refractivity contribution in [3.8, 4) is 5.88 Å². The lowest BCUT2D eigenvalue weighted by atomic mass is 9.99. The van der Waals surface area contributed by atoms with Crippen LogP contribution < -0.4 is 10.1 Å². The number of halogens is 3. The Morgan fingerprint density at radius 3 is 2.71 bits per heavy atom. The number of nitrogens with zero attached hydrogens (tertiary/aromatic N) is 2. The van der Waals surface area contributed by atoms with Gasteiger partial charge in [0, 0.05) is 17.3 Å². The lowest BCUT2D eigenvalue weighted by Crippen LogP contribution is -2.45. The molecule has 0 spiro atoms. The van der Waals surface area contributed by atoms with Crippen molar-refractivity contribution in [3.05, 3.63) is 34.4 Å². The van der Waals surface area contributed by atoms with Crippen LogP contribution in [0.25, 0.3) is 0 Å². The summed E-state index contributed by atoms with van der Waals surface area (Å²) in [5, 5.41) is 13.2. The third kappa shape index (κ3) is 3.65. The number of nitrogens with one attached hydrogen (secondary N) is 1. The molecule has 0 unspecified atom stereocenters. The first-order valence-electron chi connectivity index (χ1n) is 6.68. The van der Waals surface area contributed by atoms with Crippen molar-refractivity contribution >= 4 is 22.9 Å². The molecule has 0 aliphatic carbocycles. The predicted octanol–water partition coefficient (Wildman–Crippen LogP) is 2.63. The number of hydrogen-bond donors (Lipinski definition) is 2. The number of anilines is 1. The third-order valence-corrected chi connectivity index (χ3v) is 4.21. The van der Waals surface area contributed by atoms with Gasteiger partial charge < -0.3 is 15.2 Å². The lowest BCUT2D eigenvalue weighted by molar-refractivity contribution is -0.266. The smallest absolute Gasteiger partial charge is 0.424 e. The van der Waals surface area contributed by atoms with E-state index in [1.54, 1.807) is 0 Å². The fourth-order valence-electron chi connectivity index (χ4n) is 1.92. The summed E-state index contributed by atoms with van der Waals surface area (Å²) in [4.78, 5) is 19.5. The molecular weight excluding hydrogens is 347 g/mol. The number of carbonyl (C=O) groups is 1. The molecule has 10 heteroatoms. The Labute approximate surface area is 139 Å². The largest absolute Gasteiger partial charge is 0.480 e. The summed E-state index contributed by atoms with van der Waals surface area (Å²) in [5.74, 6) is -1.000. The first kappa shape index (κ1) is 18.1. The van der Waals surface area contributed by atoms with Crippen LogP contribution in [-0.2, 0) is 10.4 Å². The van der Waals surface area contributed by atoms with E-state index in [4.69, 9.17) is 4.74 Å². The van der Waals surface area contributed by atoms with Gasteiger partial charge in [0.2, 0.25) is 17.4 Å². The number of aryl methyl sites for hydroxylation is 1. The third-order valence-electron chi connectivity index (χ3n) is 3.10. The van der Waals surface area contributed by atoms with Gasteiger partial charge in [-0.3, -0.25) is 4.79 Å². The number of methoxy groups -OCH3 is 1. The van der Waals surface area contributed by atoms with Crippen molar-refractivity contribution in [2.75, 3.05) is 12.4 Å². The topological polar surface area (TPSA) is 84.3 Å². The fourth-order valence-corrected chi connectivity index (χ4v) is 2.83. The van der Waals surface area contributed by atoms with Crippen LogP contribution in [0.1, 0.15) is 17.1 Å². The second-order valence-electron chi connectivity index (χ2n) is 4.94. The number of aliphatic hydroxyl groups is 1. The van der Waals surface area contributed by atoms with E-state index in [2.05, 4.69) is 15.3 Å². The Bertz CT molecular complexity index is 735. The zero-order valence-corrected chi connectivity index (χ0v) is 13.5. The number of thiazole rings is 1. The van der Waals surface area contributed by atoms with Gasteiger partial charge in [-0.05, 0) is 19.1 Å². The number of hydrogen-bond acceptors (Lipinski definition) is 6. The summed E-state index contributed by atoms with van der Waals surface area (Å²) in [6.07, 6.45) is -4.89. The zero-order valence-electron chi connectivity index (χ0n) is 12.7. The molecule has 6 nitrogen and oxygen atoms in total. The minimum atomic E-state index is -5.06. The van der Waals surface area contributed by atoms with Crippen LogP contribution >= 0.6 is 11.3 Å². The number of amides is 1. The monoisotopic (exact) mass is 361 g/mol. The molecule has 1 atom stereocenters. The summed E-state index contributed by atoms with van der Waals surface area (Å²) in [7, 11) is 1.31. The maximum absolute atomic E-state index is 13.3. The van der Waals surface area contributed by atoms with E-state index >= 15 is 0 Å². The van der Waals surface area contributed by atoms with Gasteiger partial charge in [0.05, 0.1) is 13.5 Å². The molecule has 2 heterocycles. The van der Waals surface area contributed by atoms with Gasteiger partial charge in [0.1, 0.15) is 10.7 Å². The molecule has 0 fully saturated rings. The molecular formula is C14H14F3N3O3S. The summed E-state index contributed by atoms with van der Waals surface area (Å²) < 4.78 is 44.9. The van der Waals surface area contributed by atoms with Gasteiger partial charge in [-0.15, -0.1) is 11.3 Å². The van der Waals surface area contributed by atoms with Gasteiger partial charge in [-0.2, -0.15) is 13.2 Å². The highest BCUT2D eigenvalue weighted by molar-refractivity contribution is 7.09. The highest BCUT2D eigenvalue weighted by atomic mass is 32.1. The molecule has 2 aromatic heterocycles. The van der Waals surface area contributed by atoms with Gasteiger partial charge in [-0.25, -0.2) is 9.97 Å². The molecule has 2 rings (SSSR count). The summed E-state index contributed by atoms with van der Waals surface area (Å²) in [6, 6.07) is 2.90. The van der Waals surface area contributed by atoms with Crippen LogP contribution in [0.4, 0.5) is 18.9 Å². The molecule has 2 aromatic rings. The van der Waals surface area contributed by atoms with Crippen LogP contribution in [0.5, 0.6) is 5.88 Å². The average Bonchev–Trinajstić information content (AvgIpc) is 2.93. The van der Waals surface area contributed by atoms with Gasteiger partial charge in [0.25, 0.3) is 0 Å². The van der Waals surface area contributed by atoms with Crippen molar-refractivity contribution in [3.63, 3.8) is 0 Å². The first-order chi connectivity index (χ1) is 11.2. The summed E-state index contributed by atoms with van der Waals surface area (Å²) in [6.45, 7) is 1.50. The second kappa shape index (κ2) is 6.73. The van der Waals surface area contributed by atoms with Crippen molar-refractivity contribution < 1.29 is 27.8 Å². The van der Waals surface area contributed by atoms with E-state index < -0.39 is 29.1 Å². The Hall–Kier alpha value is -2.20.